The van der Waals surface area contributed by atoms with Crippen LogP contribution in [0.5, 0.6) is 0 Å². The molecule has 1 aromatic carbocycles. The van der Waals surface area contributed by atoms with E-state index in [1.165, 1.54) is 19.3 Å². The van der Waals surface area contributed by atoms with Crippen LogP contribution >= 0.6 is 0 Å². The summed E-state index contributed by atoms with van der Waals surface area (Å²) in [6.07, 6.45) is 14.9. The van der Waals surface area contributed by atoms with Gasteiger partial charge in [0.2, 0.25) is 0 Å². The highest BCUT2D eigenvalue weighted by Crippen LogP contribution is 2.46. The van der Waals surface area contributed by atoms with Crippen LogP contribution in [-0.4, -0.2) is 13.0 Å². The van der Waals surface area contributed by atoms with Gasteiger partial charge in [0.05, 0.1) is 0 Å². The molecule has 0 aliphatic carbocycles. The molecule has 0 aliphatic heterocycles. The highest BCUT2D eigenvalue weighted by molar-refractivity contribution is 7.86. The topological polar surface area (TPSA) is 54.4 Å². The van der Waals surface area contributed by atoms with Crippen LogP contribution < -0.4 is 0 Å². The lowest BCUT2D eigenvalue weighted by atomic mass is 9.75. The van der Waals surface area contributed by atoms with E-state index in [-0.39, 0.29) is 11.8 Å². The third-order valence-electron chi connectivity index (χ3n) is 8.38. The van der Waals surface area contributed by atoms with Crippen molar-refractivity contribution in [2.75, 3.05) is 0 Å². The minimum Gasteiger partial charge on any atom is -0.285 e. The first-order valence-electron chi connectivity index (χ1n) is 14.8. The van der Waals surface area contributed by atoms with Crippen molar-refractivity contribution in [1.29, 1.82) is 0 Å². The molecule has 0 amide bonds. The number of benzene rings is 1. The molecular formula is C31H56O3S. The Morgan fingerprint density at radius 2 is 1.14 bits per heavy atom. The van der Waals surface area contributed by atoms with E-state index in [2.05, 4.69) is 47.6 Å². The molecule has 0 heterocycles. The predicted molar refractivity (Wildman–Crippen MR) is 153 cm³/mol. The highest BCUT2D eigenvalue weighted by Gasteiger charge is 2.48. The van der Waals surface area contributed by atoms with Crippen LogP contribution in [0.25, 0.3) is 0 Å². The summed E-state index contributed by atoms with van der Waals surface area (Å²) in [5, 5.41) is 0. The summed E-state index contributed by atoms with van der Waals surface area (Å²) in [6, 6.07) is 8.17. The van der Waals surface area contributed by atoms with E-state index < -0.39 is 14.9 Å². The van der Waals surface area contributed by atoms with Gasteiger partial charge in [-0.15, -0.1) is 0 Å². The first-order valence-corrected chi connectivity index (χ1v) is 16.2. The van der Waals surface area contributed by atoms with Crippen molar-refractivity contribution in [2.45, 2.75) is 143 Å². The average Bonchev–Trinajstić information content (AvgIpc) is 2.85. The Labute approximate surface area is 218 Å². The van der Waals surface area contributed by atoms with E-state index in [0.717, 1.165) is 75.3 Å². The SMILES string of the molecule is CCCCC(CC)Cc1ccccc1C(CC(CC)CCCC)(CC(CC)CCCC)S(=O)(=O)O. The number of rotatable bonds is 20. The standard InChI is InChI=1S/C31H56O3S/c1-7-13-18-26(10-4)23-29-21-16-17-22-30(29)31(35(32,33)34,24-27(11-5)19-14-8-2)25-28(12-6)20-15-9-3/h16-17,21-22,26-28H,7-15,18-20,23-25H2,1-6H3,(H,32,33,34). The fourth-order valence-electron chi connectivity index (χ4n) is 5.87. The Bertz CT molecular complexity index is 768. The molecule has 0 aliphatic rings. The van der Waals surface area contributed by atoms with E-state index in [1.807, 2.05) is 18.2 Å². The Hall–Kier alpha value is -0.870. The number of hydrogen-bond acceptors (Lipinski definition) is 2. The third kappa shape index (κ3) is 9.84. The van der Waals surface area contributed by atoms with E-state index in [0.29, 0.717) is 18.8 Å². The molecule has 4 heteroatoms. The summed E-state index contributed by atoms with van der Waals surface area (Å²) >= 11 is 0. The van der Waals surface area contributed by atoms with Crippen molar-refractivity contribution in [1.82, 2.24) is 0 Å². The molecule has 3 nitrogen and oxygen atoms in total. The normalized spacial score (nSPS) is 16.5. The van der Waals surface area contributed by atoms with Crippen LogP contribution in [0, 0.1) is 17.8 Å². The second-order valence-electron chi connectivity index (χ2n) is 11.0. The Morgan fingerprint density at radius 3 is 1.54 bits per heavy atom. The van der Waals surface area contributed by atoms with Crippen molar-refractivity contribution in [2.24, 2.45) is 17.8 Å². The van der Waals surface area contributed by atoms with Crippen molar-refractivity contribution in [3.05, 3.63) is 35.4 Å². The van der Waals surface area contributed by atoms with Gasteiger partial charge in [-0.05, 0) is 48.1 Å². The van der Waals surface area contributed by atoms with Gasteiger partial charge in [0.15, 0.2) is 0 Å². The monoisotopic (exact) mass is 508 g/mol. The molecule has 0 spiro atoms. The number of unbranched alkanes of at least 4 members (excludes halogenated alkanes) is 3. The quantitative estimate of drug-likeness (QED) is 0.178. The summed E-state index contributed by atoms with van der Waals surface area (Å²) in [5.41, 5.74) is 2.01. The zero-order valence-electron chi connectivity index (χ0n) is 23.8. The molecule has 204 valence electrons. The Kier molecular flexibility index (Phi) is 15.4. The summed E-state index contributed by atoms with van der Waals surface area (Å²) in [5.74, 6) is 1.12. The number of hydrogen-bond donors (Lipinski definition) is 1. The first-order chi connectivity index (χ1) is 16.7. The van der Waals surface area contributed by atoms with Crippen molar-refractivity contribution in [3.8, 4) is 0 Å². The maximum Gasteiger partial charge on any atom is 0.274 e. The average molecular weight is 509 g/mol. The van der Waals surface area contributed by atoms with Crippen LogP contribution in [0.2, 0.25) is 0 Å². The molecule has 1 N–H and O–H groups in total. The molecule has 3 unspecified atom stereocenters. The van der Waals surface area contributed by atoms with Crippen LogP contribution in [0.15, 0.2) is 24.3 Å². The van der Waals surface area contributed by atoms with E-state index in [9.17, 15) is 13.0 Å². The van der Waals surface area contributed by atoms with Crippen LogP contribution in [0.4, 0.5) is 0 Å². The molecule has 0 saturated carbocycles. The van der Waals surface area contributed by atoms with Crippen molar-refractivity contribution >= 4 is 10.1 Å². The Balaban J connectivity index is 3.66. The summed E-state index contributed by atoms with van der Waals surface area (Å²) < 4.78 is 36.9. The van der Waals surface area contributed by atoms with E-state index in [4.69, 9.17) is 0 Å². The third-order valence-corrected chi connectivity index (χ3v) is 9.92. The maximum absolute atomic E-state index is 13.5. The van der Waals surface area contributed by atoms with E-state index >= 15 is 0 Å². The summed E-state index contributed by atoms with van der Waals surface area (Å²) in [6.45, 7) is 13.2. The molecule has 1 aromatic rings. The van der Waals surface area contributed by atoms with Gasteiger partial charge < -0.3 is 0 Å². The minimum absolute atomic E-state index is 0.288. The van der Waals surface area contributed by atoms with Gasteiger partial charge in [0, 0.05) is 0 Å². The van der Waals surface area contributed by atoms with Crippen LogP contribution in [0.3, 0.4) is 0 Å². The fourth-order valence-corrected chi connectivity index (χ4v) is 7.24. The van der Waals surface area contributed by atoms with Gasteiger partial charge in [-0.25, -0.2) is 0 Å². The Morgan fingerprint density at radius 1 is 0.714 bits per heavy atom. The fraction of sp³-hybridized carbons (Fsp3) is 0.806. The van der Waals surface area contributed by atoms with Gasteiger partial charge in [-0.3, -0.25) is 4.55 Å². The molecule has 0 saturated heterocycles. The van der Waals surface area contributed by atoms with Crippen molar-refractivity contribution in [3.63, 3.8) is 0 Å². The first kappa shape index (κ1) is 32.2. The molecule has 0 bridgehead atoms. The van der Waals surface area contributed by atoms with Crippen LogP contribution in [-0.2, 0) is 21.3 Å². The maximum atomic E-state index is 13.5. The van der Waals surface area contributed by atoms with Gasteiger partial charge in [-0.2, -0.15) is 8.42 Å². The lowest BCUT2D eigenvalue weighted by Crippen LogP contribution is -2.40. The van der Waals surface area contributed by atoms with E-state index in [1.54, 1.807) is 0 Å². The second kappa shape index (κ2) is 16.8. The molecule has 35 heavy (non-hydrogen) atoms. The molecule has 3 atom stereocenters. The smallest absolute Gasteiger partial charge is 0.274 e. The largest absolute Gasteiger partial charge is 0.285 e. The summed E-state index contributed by atoms with van der Waals surface area (Å²) in [7, 11) is -4.32. The second-order valence-corrected chi connectivity index (χ2v) is 12.7. The van der Waals surface area contributed by atoms with Gasteiger partial charge >= 0.3 is 0 Å². The van der Waals surface area contributed by atoms with Gasteiger partial charge in [0.25, 0.3) is 10.1 Å². The predicted octanol–water partition coefficient (Wildman–Crippen LogP) is 9.74. The summed E-state index contributed by atoms with van der Waals surface area (Å²) in [4.78, 5) is 0. The lowest BCUT2D eigenvalue weighted by molar-refractivity contribution is 0.271. The highest BCUT2D eigenvalue weighted by atomic mass is 32.2. The molecular weight excluding hydrogens is 452 g/mol. The van der Waals surface area contributed by atoms with Gasteiger partial charge in [-0.1, -0.05) is 143 Å². The molecule has 0 radical (unpaired) electrons. The lowest BCUT2D eigenvalue weighted by Gasteiger charge is -2.39. The zero-order chi connectivity index (χ0) is 26.3. The molecule has 1 rings (SSSR count). The molecule has 0 aromatic heterocycles. The van der Waals surface area contributed by atoms with Gasteiger partial charge in [0.1, 0.15) is 4.75 Å². The van der Waals surface area contributed by atoms with Crippen LogP contribution in [0.1, 0.15) is 143 Å². The molecule has 0 fully saturated rings. The van der Waals surface area contributed by atoms with Crippen molar-refractivity contribution < 1.29 is 13.0 Å². The zero-order valence-corrected chi connectivity index (χ0v) is 24.6. The minimum atomic E-state index is -4.32.